The van der Waals surface area contributed by atoms with Crippen LogP contribution in [0.1, 0.15) is 39.5 Å². The molecular formula is C11H23NO3. The number of unbranched alkanes of at least 4 members (excludes halogenated alkanes) is 1. The molecule has 0 aromatic heterocycles. The molecule has 3 N–H and O–H groups in total. The molecule has 0 bridgehead atoms. The lowest BCUT2D eigenvalue weighted by Crippen LogP contribution is -2.39. The number of aliphatic hydroxyl groups excluding tert-OH is 1. The van der Waals surface area contributed by atoms with Crippen LogP contribution in [0.5, 0.6) is 0 Å². The molecule has 0 saturated carbocycles. The largest absolute Gasteiger partial charge is 0.480 e. The van der Waals surface area contributed by atoms with Crippen molar-refractivity contribution < 1.29 is 15.0 Å². The summed E-state index contributed by atoms with van der Waals surface area (Å²) in [4.78, 5) is 10.9. The Morgan fingerprint density at radius 2 is 2.07 bits per heavy atom. The van der Waals surface area contributed by atoms with Gasteiger partial charge in [-0.15, -0.1) is 0 Å². The van der Waals surface area contributed by atoms with Crippen molar-refractivity contribution in [1.29, 1.82) is 0 Å². The molecular weight excluding hydrogens is 194 g/mol. The third-order valence-electron chi connectivity index (χ3n) is 2.48. The number of carbonyl (C=O) groups is 1. The van der Waals surface area contributed by atoms with E-state index in [1.807, 2.05) is 13.8 Å². The van der Waals surface area contributed by atoms with Gasteiger partial charge < -0.3 is 15.5 Å². The SMILES string of the molecule is CCCCC(NCC(C)CCO)C(=O)O. The van der Waals surface area contributed by atoms with Crippen molar-refractivity contribution in [2.75, 3.05) is 13.2 Å². The van der Waals surface area contributed by atoms with Crippen molar-refractivity contribution >= 4 is 5.97 Å². The van der Waals surface area contributed by atoms with E-state index < -0.39 is 12.0 Å². The van der Waals surface area contributed by atoms with Gasteiger partial charge in [-0.25, -0.2) is 0 Å². The maximum atomic E-state index is 10.9. The molecule has 90 valence electrons. The minimum Gasteiger partial charge on any atom is -0.480 e. The molecule has 4 nitrogen and oxygen atoms in total. The van der Waals surface area contributed by atoms with Crippen molar-refractivity contribution in [3.8, 4) is 0 Å². The Bertz CT molecular complexity index is 173. The van der Waals surface area contributed by atoms with Crippen LogP contribution in [-0.2, 0) is 4.79 Å². The van der Waals surface area contributed by atoms with Gasteiger partial charge in [0, 0.05) is 6.61 Å². The number of aliphatic hydroxyl groups is 1. The first-order chi connectivity index (χ1) is 7.11. The molecule has 0 aliphatic heterocycles. The third kappa shape index (κ3) is 7.33. The van der Waals surface area contributed by atoms with Crippen molar-refractivity contribution in [1.82, 2.24) is 5.32 Å². The first-order valence-electron chi connectivity index (χ1n) is 5.68. The molecule has 0 saturated heterocycles. The average Bonchev–Trinajstić information content (AvgIpc) is 2.17. The Labute approximate surface area is 91.7 Å². The maximum Gasteiger partial charge on any atom is 0.320 e. The fourth-order valence-electron chi connectivity index (χ4n) is 1.39. The fourth-order valence-corrected chi connectivity index (χ4v) is 1.39. The van der Waals surface area contributed by atoms with Gasteiger partial charge >= 0.3 is 5.97 Å². The van der Waals surface area contributed by atoms with Crippen LogP contribution in [0, 0.1) is 5.92 Å². The topological polar surface area (TPSA) is 69.6 Å². The van der Waals surface area contributed by atoms with E-state index in [2.05, 4.69) is 5.32 Å². The summed E-state index contributed by atoms with van der Waals surface area (Å²) in [5, 5.41) is 20.7. The van der Waals surface area contributed by atoms with Crippen molar-refractivity contribution in [2.45, 2.75) is 45.6 Å². The zero-order chi connectivity index (χ0) is 11.7. The summed E-state index contributed by atoms with van der Waals surface area (Å²) >= 11 is 0. The van der Waals surface area contributed by atoms with Crippen LogP contribution >= 0.6 is 0 Å². The van der Waals surface area contributed by atoms with E-state index in [-0.39, 0.29) is 6.61 Å². The Hall–Kier alpha value is -0.610. The molecule has 2 atom stereocenters. The molecule has 0 aliphatic rings. The highest BCUT2D eigenvalue weighted by Crippen LogP contribution is 2.04. The lowest BCUT2D eigenvalue weighted by Gasteiger charge is -2.17. The van der Waals surface area contributed by atoms with Crippen LogP contribution in [0.25, 0.3) is 0 Å². The molecule has 15 heavy (non-hydrogen) atoms. The number of hydrogen-bond acceptors (Lipinski definition) is 3. The summed E-state index contributed by atoms with van der Waals surface area (Å²) in [5.74, 6) is -0.460. The number of carboxylic acid groups (broad SMARTS) is 1. The highest BCUT2D eigenvalue weighted by atomic mass is 16.4. The molecule has 2 unspecified atom stereocenters. The van der Waals surface area contributed by atoms with Gasteiger partial charge in [-0.1, -0.05) is 26.7 Å². The first kappa shape index (κ1) is 14.4. The lowest BCUT2D eigenvalue weighted by atomic mass is 10.1. The van der Waals surface area contributed by atoms with Crippen molar-refractivity contribution in [3.63, 3.8) is 0 Å². The summed E-state index contributed by atoms with van der Waals surface area (Å²) in [6.07, 6.45) is 3.33. The number of rotatable bonds is 9. The van der Waals surface area contributed by atoms with E-state index in [1.165, 1.54) is 0 Å². The quantitative estimate of drug-likeness (QED) is 0.543. The predicted molar refractivity (Wildman–Crippen MR) is 59.8 cm³/mol. The van der Waals surface area contributed by atoms with Gasteiger partial charge in [0.2, 0.25) is 0 Å². The Morgan fingerprint density at radius 1 is 1.40 bits per heavy atom. The van der Waals surface area contributed by atoms with Crippen LogP contribution in [0.3, 0.4) is 0 Å². The molecule has 0 spiro atoms. The van der Waals surface area contributed by atoms with E-state index in [4.69, 9.17) is 10.2 Å². The summed E-state index contributed by atoms with van der Waals surface area (Å²) < 4.78 is 0. The summed E-state index contributed by atoms with van der Waals surface area (Å²) in [5.41, 5.74) is 0. The van der Waals surface area contributed by atoms with E-state index in [1.54, 1.807) is 0 Å². The van der Waals surface area contributed by atoms with Gasteiger partial charge in [0.1, 0.15) is 6.04 Å². The second kappa shape index (κ2) is 8.68. The molecule has 0 rings (SSSR count). The fraction of sp³-hybridized carbons (Fsp3) is 0.909. The Balaban J connectivity index is 3.79. The van der Waals surface area contributed by atoms with E-state index in [9.17, 15) is 4.79 Å². The van der Waals surface area contributed by atoms with Crippen LogP contribution in [0.15, 0.2) is 0 Å². The molecule has 0 aliphatic carbocycles. The van der Waals surface area contributed by atoms with Gasteiger partial charge in [-0.2, -0.15) is 0 Å². The Kier molecular flexibility index (Phi) is 8.33. The summed E-state index contributed by atoms with van der Waals surface area (Å²) in [6.45, 7) is 4.87. The predicted octanol–water partition coefficient (Wildman–Crippen LogP) is 1.24. The smallest absolute Gasteiger partial charge is 0.320 e. The van der Waals surface area contributed by atoms with Gasteiger partial charge in [-0.3, -0.25) is 4.79 Å². The van der Waals surface area contributed by atoms with Gasteiger partial charge in [0.15, 0.2) is 0 Å². The molecule has 0 aromatic carbocycles. The zero-order valence-electron chi connectivity index (χ0n) is 9.70. The van der Waals surface area contributed by atoms with Crippen LogP contribution in [0.2, 0.25) is 0 Å². The van der Waals surface area contributed by atoms with Crippen molar-refractivity contribution in [3.05, 3.63) is 0 Å². The standard InChI is InChI=1S/C11H23NO3/c1-3-4-5-10(11(14)15)12-8-9(2)6-7-13/h9-10,12-13H,3-8H2,1-2H3,(H,14,15). The maximum absolute atomic E-state index is 10.9. The van der Waals surface area contributed by atoms with E-state index in [0.29, 0.717) is 25.3 Å². The number of hydrogen-bond donors (Lipinski definition) is 3. The summed E-state index contributed by atoms with van der Waals surface area (Å²) in [7, 11) is 0. The van der Waals surface area contributed by atoms with Crippen molar-refractivity contribution in [2.24, 2.45) is 5.92 Å². The van der Waals surface area contributed by atoms with Gasteiger partial charge in [0.25, 0.3) is 0 Å². The highest BCUT2D eigenvalue weighted by molar-refractivity contribution is 5.73. The second-order valence-corrected chi connectivity index (χ2v) is 4.06. The molecule has 4 heteroatoms. The second-order valence-electron chi connectivity index (χ2n) is 4.06. The summed E-state index contributed by atoms with van der Waals surface area (Å²) in [6, 6.07) is -0.439. The highest BCUT2D eigenvalue weighted by Gasteiger charge is 2.16. The third-order valence-corrected chi connectivity index (χ3v) is 2.48. The van der Waals surface area contributed by atoms with Gasteiger partial charge in [-0.05, 0) is 25.3 Å². The van der Waals surface area contributed by atoms with Crippen LogP contribution in [0.4, 0.5) is 0 Å². The average molecular weight is 217 g/mol. The first-order valence-corrected chi connectivity index (χ1v) is 5.68. The minimum absolute atomic E-state index is 0.162. The minimum atomic E-state index is -0.778. The normalized spacial score (nSPS) is 14.9. The van der Waals surface area contributed by atoms with Gasteiger partial charge in [0.05, 0.1) is 0 Å². The van der Waals surface area contributed by atoms with Crippen LogP contribution < -0.4 is 5.32 Å². The lowest BCUT2D eigenvalue weighted by molar-refractivity contribution is -0.139. The molecule has 0 radical (unpaired) electrons. The number of carboxylic acids is 1. The van der Waals surface area contributed by atoms with E-state index in [0.717, 1.165) is 12.8 Å². The molecule has 0 fully saturated rings. The molecule has 0 aromatic rings. The zero-order valence-corrected chi connectivity index (χ0v) is 9.70. The van der Waals surface area contributed by atoms with E-state index >= 15 is 0 Å². The number of aliphatic carboxylic acids is 1. The number of nitrogens with one attached hydrogen (secondary N) is 1. The monoisotopic (exact) mass is 217 g/mol. The van der Waals surface area contributed by atoms with Crippen LogP contribution in [-0.4, -0.2) is 35.4 Å². The molecule has 0 heterocycles. The molecule has 0 amide bonds. The Morgan fingerprint density at radius 3 is 2.53 bits per heavy atom.